The highest BCUT2D eigenvalue weighted by atomic mass is 15.2. The predicted molar refractivity (Wildman–Crippen MR) is 86.8 cm³/mol. The van der Waals surface area contributed by atoms with Crippen molar-refractivity contribution in [1.29, 1.82) is 0 Å². The predicted octanol–water partition coefficient (Wildman–Crippen LogP) is 4.02. The molecule has 1 heterocycles. The molecule has 1 aromatic carbocycles. The van der Waals surface area contributed by atoms with E-state index in [4.69, 9.17) is 10.8 Å². The van der Waals surface area contributed by atoms with Crippen molar-refractivity contribution in [2.24, 2.45) is 11.8 Å². The van der Waals surface area contributed by atoms with Crippen molar-refractivity contribution in [2.45, 2.75) is 46.5 Å². The number of pyridine rings is 1. The molecule has 0 aliphatic rings. The van der Waals surface area contributed by atoms with E-state index >= 15 is 0 Å². The van der Waals surface area contributed by atoms with E-state index in [9.17, 15) is 0 Å². The molecule has 0 atom stereocenters. The molecule has 0 spiro atoms. The SMILES string of the molecule is CC(C)Cc1cc(NN)c2cc(C(C)(C)C)ccc2n1. The number of aromatic nitrogens is 1. The number of nitrogens with two attached hydrogens (primary N) is 1. The minimum absolute atomic E-state index is 0.122. The lowest BCUT2D eigenvalue weighted by Crippen LogP contribution is -2.12. The number of nitrogen functional groups attached to an aromatic ring is 1. The molecule has 0 bridgehead atoms. The van der Waals surface area contributed by atoms with Gasteiger partial charge in [0.15, 0.2) is 0 Å². The monoisotopic (exact) mass is 271 g/mol. The fraction of sp³-hybridized carbons (Fsp3) is 0.471. The molecule has 1 aromatic heterocycles. The maximum absolute atomic E-state index is 5.70. The number of hydrogen-bond donors (Lipinski definition) is 2. The molecule has 108 valence electrons. The summed E-state index contributed by atoms with van der Waals surface area (Å²) >= 11 is 0. The second-order valence-electron chi connectivity index (χ2n) is 6.89. The van der Waals surface area contributed by atoms with E-state index in [-0.39, 0.29) is 5.41 Å². The summed E-state index contributed by atoms with van der Waals surface area (Å²) in [5, 5.41) is 1.09. The average Bonchev–Trinajstić information content (AvgIpc) is 2.35. The largest absolute Gasteiger partial charge is 0.323 e. The number of nitrogens with zero attached hydrogens (tertiary/aromatic N) is 1. The Kier molecular flexibility index (Phi) is 4.00. The molecule has 0 saturated heterocycles. The number of nitrogens with one attached hydrogen (secondary N) is 1. The summed E-state index contributed by atoms with van der Waals surface area (Å²) in [4.78, 5) is 4.75. The first-order chi connectivity index (χ1) is 9.31. The Bertz CT molecular complexity index is 609. The molecule has 0 unspecified atom stereocenters. The first-order valence-corrected chi connectivity index (χ1v) is 7.22. The van der Waals surface area contributed by atoms with Crippen molar-refractivity contribution in [1.82, 2.24) is 4.98 Å². The van der Waals surface area contributed by atoms with Crippen LogP contribution in [0.2, 0.25) is 0 Å². The van der Waals surface area contributed by atoms with Crippen molar-refractivity contribution in [3.63, 3.8) is 0 Å². The lowest BCUT2D eigenvalue weighted by atomic mass is 9.86. The van der Waals surface area contributed by atoms with Gasteiger partial charge in [0.25, 0.3) is 0 Å². The van der Waals surface area contributed by atoms with Crippen LogP contribution in [0.25, 0.3) is 10.9 Å². The second-order valence-corrected chi connectivity index (χ2v) is 6.89. The highest BCUT2D eigenvalue weighted by Crippen LogP contribution is 2.29. The van der Waals surface area contributed by atoms with Crippen LogP contribution in [0, 0.1) is 5.92 Å². The van der Waals surface area contributed by atoms with Gasteiger partial charge in [0.05, 0.1) is 11.2 Å². The number of anilines is 1. The topological polar surface area (TPSA) is 50.9 Å². The Morgan fingerprint density at radius 1 is 1.20 bits per heavy atom. The molecule has 3 nitrogen and oxygen atoms in total. The van der Waals surface area contributed by atoms with Crippen LogP contribution in [-0.2, 0) is 11.8 Å². The summed E-state index contributed by atoms with van der Waals surface area (Å²) < 4.78 is 0. The van der Waals surface area contributed by atoms with E-state index in [2.05, 4.69) is 64.3 Å². The Morgan fingerprint density at radius 3 is 2.45 bits per heavy atom. The molecule has 0 amide bonds. The molecular formula is C17H25N3. The molecule has 0 aliphatic carbocycles. The highest BCUT2D eigenvalue weighted by Gasteiger charge is 2.15. The van der Waals surface area contributed by atoms with Crippen LogP contribution < -0.4 is 11.3 Å². The Labute approximate surface area is 121 Å². The summed E-state index contributed by atoms with van der Waals surface area (Å²) in [6, 6.07) is 8.51. The van der Waals surface area contributed by atoms with Crippen molar-refractivity contribution < 1.29 is 0 Å². The number of hydrazine groups is 1. The zero-order valence-corrected chi connectivity index (χ0v) is 13.1. The normalized spacial score (nSPS) is 12.2. The summed E-state index contributed by atoms with van der Waals surface area (Å²) in [5.41, 5.74) is 7.28. The summed E-state index contributed by atoms with van der Waals surface area (Å²) in [7, 11) is 0. The quantitative estimate of drug-likeness (QED) is 0.655. The Hall–Kier alpha value is -1.61. The van der Waals surface area contributed by atoms with Crippen molar-refractivity contribution in [3.8, 4) is 0 Å². The minimum atomic E-state index is 0.122. The van der Waals surface area contributed by atoms with Crippen LogP contribution in [-0.4, -0.2) is 4.98 Å². The van der Waals surface area contributed by atoms with E-state index in [1.165, 1.54) is 5.56 Å². The Morgan fingerprint density at radius 2 is 1.90 bits per heavy atom. The van der Waals surface area contributed by atoms with Gasteiger partial charge in [-0.2, -0.15) is 0 Å². The van der Waals surface area contributed by atoms with Crippen LogP contribution in [0.1, 0.15) is 45.9 Å². The molecule has 0 radical (unpaired) electrons. The molecule has 2 aromatic rings. The van der Waals surface area contributed by atoms with Gasteiger partial charge in [-0.15, -0.1) is 0 Å². The number of benzene rings is 1. The van der Waals surface area contributed by atoms with Gasteiger partial charge < -0.3 is 5.43 Å². The maximum atomic E-state index is 5.70. The summed E-state index contributed by atoms with van der Waals surface area (Å²) in [6.45, 7) is 11.0. The van der Waals surface area contributed by atoms with Crippen LogP contribution >= 0.6 is 0 Å². The van der Waals surface area contributed by atoms with E-state index in [1.807, 2.05) is 0 Å². The molecule has 0 aliphatic heterocycles. The van der Waals surface area contributed by atoms with Crippen LogP contribution in [0.4, 0.5) is 5.69 Å². The maximum Gasteiger partial charge on any atom is 0.0726 e. The number of rotatable bonds is 3. The zero-order chi connectivity index (χ0) is 14.9. The van der Waals surface area contributed by atoms with Crippen molar-refractivity contribution in [3.05, 3.63) is 35.5 Å². The van der Waals surface area contributed by atoms with E-state index in [0.29, 0.717) is 5.92 Å². The smallest absolute Gasteiger partial charge is 0.0726 e. The fourth-order valence-electron chi connectivity index (χ4n) is 2.39. The van der Waals surface area contributed by atoms with E-state index in [0.717, 1.165) is 28.7 Å². The molecule has 3 N–H and O–H groups in total. The van der Waals surface area contributed by atoms with Crippen molar-refractivity contribution in [2.75, 3.05) is 5.43 Å². The van der Waals surface area contributed by atoms with E-state index in [1.54, 1.807) is 0 Å². The van der Waals surface area contributed by atoms with Gasteiger partial charge in [0.1, 0.15) is 0 Å². The second kappa shape index (κ2) is 5.41. The molecular weight excluding hydrogens is 246 g/mol. The number of hydrogen-bond acceptors (Lipinski definition) is 3. The highest BCUT2D eigenvalue weighted by molar-refractivity contribution is 5.92. The van der Waals surface area contributed by atoms with Gasteiger partial charge in [-0.3, -0.25) is 10.8 Å². The van der Waals surface area contributed by atoms with E-state index < -0.39 is 0 Å². The van der Waals surface area contributed by atoms with Gasteiger partial charge in [0.2, 0.25) is 0 Å². The third-order valence-corrected chi connectivity index (χ3v) is 3.50. The standard InChI is InChI=1S/C17H25N3/c1-11(2)8-13-10-16(20-18)14-9-12(17(3,4)5)6-7-15(14)19-13/h6-7,9-11H,8,18H2,1-5H3,(H,19,20). The third-order valence-electron chi connectivity index (χ3n) is 3.50. The van der Waals surface area contributed by atoms with Gasteiger partial charge >= 0.3 is 0 Å². The zero-order valence-electron chi connectivity index (χ0n) is 13.1. The van der Waals surface area contributed by atoms with Crippen LogP contribution in [0.5, 0.6) is 0 Å². The van der Waals surface area contributed by atoms with Crippen molar-refractivity contribution >= 4 is 16.6 Å². The third kappa shape index (κ3) is 3.10. The molecule has 0 saturated carbocycles. The summed E-state index contributed by atoms with van der Waals surface area (Å²) in [5.74, 6) is 6.28. The molecule has 2 rings (SSSR count). The molecule has 0 fully saturated rings. The van der Waals surface area contributed by atoms with Gasteiger partial charge in [0, 0.05) is 11.1 Å². The fourth-order valence-corrected chi connectivity index (χ4v) is 2.39. The minimum Gasteiger partial charge on any atom is -0.323 e. The molecule has 20 heavy (non-hydrogen) atoms. The summed E-state index contributed by atoms with van der Waals surface area (Å²) in [6.07, 6.45) is 0.964. The lowest BCUT2D eigenvalue weighted by Gasteiger charge is -2.20. The average molecular weight is 271 g/mol. The first kappa shape index (κ1) is 14.8. The van der Waals surface area contributed by atoms with Crippen LogP contribution in [0.15, 0.2) is 24.3 Å². The van der Waals surface area contributed by atoms with Gasteiger partial charge in [-0.1, -0.05) is 40.7 Å². The lowest BCUT2D eigenvalue weighted by molar-refractivity contribution is 0.591. The Balaban J connectivity index is 2.59. The first-order valence-electron chi connectivity index (χ1n) is 7.22. The number of fused-ring (bicyclic) bond motifs is 1. The van der Waals surface area contributed by atoms with Crippen LogP contribution in [0.3, 0.4) is 0 Å². The van der Waals surface area contributed by atoms with Gasteiger partial charge in [-0.05, 0) is 41.5 Å². The van der Waals surface area contributed by atoms with Gasteiger partial charge in [-0.25, -0.2) is 0 Å². The molecule has 3 heteroatoms.